The van der Waals surface area contributed by atoms with Crippen molar-refractivity contribution >= 4 is 50.9 Å². The second kappa shape index (κ2) is 13.1. The Balaban J connectivity index is 1.94. The van der Waals surface area contributed by atoms with E-state index in [2.05, 4.69) is 74.5 Å². The van der Waals surface area contributed by atoms with Gasteiger partial charge in [-0.05, 0) is 32.8 Å². The maximum absolute atomic E-state index is 5.65. The quantitative estimate of drug-likeness (QED) is 0.340. The number of benzene rings is 2. The fourth-order valence-electron chi connectivity index (χ4n) is 2.91. The average molecular weight is 455 g/mol. The highest BCUT2D eigenvalue weighted by molar-refractivity contribution is 9.09. The summed E-state index contributed by atoms with van der Waals surface area (Å²) in [6, 6.07) is 21.6. The molecule has 2 rings (SSSR count). The Bertz CT molecular complexity index is 578. The van der Waals surface area contributed by atoms with Gasteiger partial charge in [0, 0.05) is 24.0 Å². The normalized spacial score (nSPS) is 16.7. The molecule has 0 aromatic heterocycles. The van der Waals surface area contributed by atoms with Crippen LogP contribution in [0.25, 0.3) is 0 Å². The summed E-state index contributed by atoms with van der Waals surface area (Å²) in [6.45, 7) is 4.66. The van der Waals surface area contributed by atoms with E-state index in [1.807, 2.05) is 45.6 Å². The lowest BCUT2D eigenvalue weighted by Crippen LogP contribution is -2.22. The van der Waals surface area contributed by atoms with E-state index < -0.39 is 19.5 Å². The summed E-state index contributed by atoms with van der Waals surface area (Å²) < 4.78 is 11.3. The van der Waals surface area contributed by atoms with Crippen LogP contribution in [0.4, 0.5) is 0 Å². The smallest absolute Gasteiger partial charge is 0.175 e. The fourth-order valence-corrected chi connectivity index (χ4v) is 14.8. The van der Waals surface area contributed by atoms with E-state index in [9.17, 15) is 0 Å². The molecular formula is C20H30O2S3Si2. The van der Waals surface area contributed by atoms with Crippen molar-refractivity contribution in [3.8, 4) is 0 Å². The Morgan fingerprint density at radius 3 is 1.37 bits per heavy atom. The van der Waals surface area contributed by atoms with Crippen LogP contribution < -0.4 is 0 Å². The lowest BCUT2D eigenvalue weighted by Gasteiger charge is -2.25. The first-order valence-corrected chi connectivity index (χ1v) is 15.6. The largest absolute Gasteiger partial charge is 0.426 e. The van der Waals surface area contributed by atoms with E-state index in [0.29, 0.717) is 21.6 Å². The van der Waals surface area contributed by atoms with Gasteiger partial charge in [0.05, 0.1) is 0 Å². The molecule has 0 amide bonds. The van der Waals surface area contributed by atoms with Gasteiger partial charge in [0.25, 0.3) is 0 Å². The second-order valence-corrected chi connectivity index (χ2v) is 15.9. The summed E-state index contributed by atoms with van der Waals surface area (Å²) in [5, 5.41) is 0. The SMILES string of the molecule is CO[SiH2]C(SSSC([SiH2]OC)C(C)c1ccccc1)C(C)c1ccccc1. The number of hydrogen-bond donors (Lipinski definition) is 0. The van der Waals surface area contributed by atoms with Crippen LogP contribution in [0.15, 0.2) is 60.7 Å². The molecule has 4 atom stereocenters. The van der Waals surface area contributed by atoms with Gasteiger partial charge < -0.3 is 8.85 Å². The van der Waals surface area contributed by atoms with Crippen LogP contribution in [-0.4, -0.2) is 43.5 Å². The first kappa shape index (κ1) is 23.1. The van der Waals surface area contributed by atoms with Crippen LogP contribution >= 0.6 is 31.4 Å². The molecule has 4 unspecified atom stereocenters. The molecule has 27 heavy (non-hydrogen) atoms. The molecule has 2 nitrogen and oxygen atoms in total. The topological polar surface area (TPSA) is 18.5 Å². The van der Waals surface area contributed by atoms with Crippen LogP contribution in [0.1, 0.15) is 36.8 Å². The van der Waals surface area contributed by atoms with Gasteiger partial charge in [0.1, 0.15) is 0 Å². The summed E-state index contributed by atoms with van der Waals surface area (Å²) in [6.07, 6.45) is 0. The minimum absolute atomic E-state index is 0.514. The first-order chi connectivity index (χ1) is 13.2. The summed E-state index contributed by atoms with van der Waals surface area (Å²) in [4.78, 5) is 1.12. The van der Waals surface area contributed by atoms with Crippen molar-refractivity contribution in [3.05, 3.63) is 71.8 Å². The van der Waals surface area contributed by atoms with E-state index in [0.717, 1.165) is 0 Å². The molecule has 0 bridgehead atoms. The minimum atomic E-state index is -0.573. The Labute approximate surface area is 180 Å². The molecule has 0 fully saturated rings. The third-order valence-electron chi connectivity index (χ3n) is 4.75. The molecule has 0 radical (unpaired) electrons. The van der Waals surface area contributed by atoms with Crippen LogP contribution in [0.3, 0.4) is 0 Å². The maximum atomic E-state index is 5.65. The molecule has 0 aliphatic rings. The predicted octanol–water partition coefficient (Wildman–Crippen LogP) is 4.74. The highest BCUT2D eigenvalue weighted by atomic mass is 33.5. The fraction of sp³-hybridized carbons (Fsp3) is 0.400. The van der Waals surface area contributed by atoms with Crippen LogP contribution in [0.5, 0.6) is 0 Å². The summed E-state index contributed by atoms with van der Waals surface area (Å²) >= 11 is 0. The molecule has 7 heteroatoms. The molecule has 0 heterocycles. The van der Waals surface area contributed by atoms with Gasteiger partial charge in [-0.15, -0.1) is 0 Å². The molecule has 2 aromatic carbocycles. The standard InChI is InChI=1S/C20H30O2S3Si2/c1-15(17-11-7-5-8-12-17)19(26-21-3)23-25-24-20(27-22-4)16(2)18-13-9-6-10-14-18/h5-16,19-20H,26-27H2,1-4H3. The molecule has 0 saturated carbocycles. The molecule has 0 aliphatic carbocycles. The Morgan fingerprint density at radius 2 is 1.04 bits per heavy atom. The first-order valence-electron chi connectivity index (χ1n) is 9.24. The molecule has 2 aromatic rings. The molecular weight excluding hydrogens is 425 g/mol. The molecule has 0 aliphatic heterocycles. The zero-order valence-corrected chi connectivity index (χ0v) is 21.8. The zero-order valence-electron chi connectivity index (χ0n) is 16.5. The number of hydrogen-bond acceptors (Lipinski definition) is 5. The van der Waals surface area contributed by atoms with E-state index >= 15 is 0 Å². The average Bonchev–Trinajstić information content (AvgIpc) is 2.72. The van der Waals surface area contributed by atoms with Crippen molar-refractivity contribution in [1.29, 1.82) is 0 Å². The molecule has 0 saturated heterocycles. The Hall–Kier alpha value is -0.156. The second-order valence-electron chi connectivity index (χ2n) is 6.65. The zero-order chi connectivity index (χ0) is 19.5. The summed E-state index contributed by atoms with van der Waals surface area (Å²) in [5.41, 5.74) is 2.82. The lowest BCUT2D eigenvalue weighted by molar-refractivity contribution is 0.436. The van der Waals surface area contributed by atoms with Crippen molar-refractivity contribution in [2.24, 2.45) is 0 Å². The van der Waals surface area contributed by atoms with E-state index in [-0.39, 0.29) is 0 Å². The van der Waals surface area contributed by atoms with Crippen LogP contribution in [0.2, 0.25) is 0 Å². The lowest BCUT2D eigenvalue weighted by atomic mass is 10.0. The third-order valence-corrected chi connectivity index (χ3v) is 15.6. The van der Waals surface area contributed by atoms with Gasteiger partial charge in [-0.3, -0.25) is 0 Å². The van der Waals surface area contributed by atoms with Crippen molar-refractivity contribution in [2.75, 3.05) is 14.2 Å². The molecule has 0 N–H and O–H groups in total. The number of rotatable bonds is 12. The minimum Gasteiger partial charge on any atom is -0.426 e. The van der Waals surface area contributed by atoms with Gasteiger partial charge in [-0.1, -0.05) is 96.1 Å². The monoisotopic (exact) mass is 454 g/mol. The Morgan fingerprint density at radius 1 is 0.667 bits per heavy atom. The maximum Gasteiger partial charge on any atom is 0.175 e. The van der Waals surface area contributed by atoms with Gasteiger partial charge in [0.15, 0.2) is 19.5 Å². The Kier molecular flexibility index (Phi) is 11.3. The highest BCUT2D eigenvalue weighted by Gasteiger charge is 2.24. The van der Waals surface area contributed by atoms with E-state index in [1.165, 1.54) is 11.1 Å². The highest BCUT2D eigenvalue weighted by Crippen LogP contribution is 2.46. The van der Waals surface area contributed by atoms with E-state index in [1.54, 1.807) is 0 Å². The third kappa shape index (κ3) is 7.64. The molecule has 0 spiro atoms. The summed E-state index contributed by atoms with van der Waals surface area (Å²) in [5.74, 6) is 1.03. The van der Waals surface area contributed by atoms with Crippen molar-refractivity contribution in [2.45, 2.75) is 35.4 Å². The van der Waals surface area contributed by atoms with Crippen molar-refractivity contribution in [1.82, 2.24) is 0 Å². The predicted molar refractivity (Wildman–Crippen MR) is 131 cm³/mol. The summed E-state index contributed by atoms with van der Waals surface area (Å²) in [7, 11) is 8.50. The van der Waals surface area contributed by atoms with Gasteiger partial charge in [-0.2, -0.15) is 0 Å². The molecule has 148 valence electrons. The van der Waals surface area contributed by atoms with Gasteiger partial charge in [0.2, 0.25) is 0 Å². The van der Waals surface area contributed by atoms with Crippen LogP contribution in [0, 0.1) is 0 Å². The van der Waals surface area contributed by atoms with Gasteiger partial charge in [-0.25, -0.2) is 0 Å². The van der Waals surface area contributed by atoms with E-state index in [4.69, 9.17) is 8.85 Å². The van der Waals surface area contributed by atoms with Gasteiger partial charge >= 0.3 is 0 Å². The van der Waals surface area contributed by atoms with Crippen molar-refractivity contribution in [3.63, 3.8) is 0 Å². The van der Waals surface area contributed by atoms with Crippen LogP contribution in [-0.2, 0) is 8.85 Å². The van der Waals surface area contributed by atoms with Crippen molar-refractivity contribution < 1.29 is 8.85 Å².